The lowest BCUT2D eigenvalue weighted by molar-refractivity contribution is 0.240. The molecule has 1 aromatic rings. The Hall–Kier alpha value is -1.40. The number of hydrogen-bond acceptors (Lipinski definition) is 6. The third-order valence-corrected chi connectivity index (χ3v) is 3.27. The van der Waals surface area contributed by atoms with Gasteiger partial charge in [-0.15, -0.1) is 0 Å². The van der Waals surface area contributed by atoms with Crippen LogP contribution in [0.25, 0.3) is 0 Å². The lowest BCUT2D eigenvalue weighted by Crippen LogP contribution is -2.44. The smallest absolute Gasteiger partial charge is 0.218 e. The minimum absolute atomic E-state index is 0.624. The van der Waals surface area contributed by atoms with E-state index in [0.717, 1.165) is 57.3 Å². The maximum atomic E-state index is 5.42. The molecule has 0 amide bonds. The molecule has 0 aliphatic carbocycles. The Morgan fingerprint density at radius 1 is 1.35 bits per heavy atom. The van der Waals surface area contributed by atoms with Crippen LogP contribution in [0.3, 0.4) is 0 Å². The Balaban J connectivity index is 1.72. The summed E-state index contributed by atoms with van der Waals surface area (Å²) in [7, 11) is 0. The number of anilines is 1. The van der Waals surface area contributed by atoms with E-state index in [0.29, 0.717) is 12.5 Å². The van der Waals surface area contributed by atoms with Crippen LogP contribution in [0.15, 0.2) is 6.07 Å². The van der Waals surface area contributed by atoms with Crippen molar-refractivity contribution in [3.8, 4) is 5.88 Å². The topological polar surface area (TPSA) is 62.3 Å². The molecule has 0 bridgehead atoms. The van der Waals surface area contributed by atoms with Crippen molar-refractivity contribution in [2.45, 2.75) is 20.3 Å². The van der Waals surface area contributed by atoms with Crippen molar-refractivity contribution in [3.63, 3.8) is 0 Å². The highest BCUT2D eigenvalue weighted by Gasteiger charge is 2.08. The fourth-order valence-corrected chi connectivity index (χ4v) is 2.31. The first-order valence-electron chi connectivity index (χ1n) is 7.43. The molecule has 6 nitrogen and oxygen atoms in total. The Morgan fingerprint density at radius 2 is 2.15 bits per heavy atom. The molecule has 0 spiro atoms. The molecular formula is C14H25N5O. The van der Waals surface area contributed by atoms with Gasteiger partial charge in [-0.3, -0.25) is 0 Å². The summed E-state index contributed by atoms with van der Waals surface area (Å²) in [5.41, 5.74) is 0. The van der Waals surface area contributed by atoms with E-state index in [4.69, 9.17) is 4.74 Å². The Bertz CT molecular complexity index is 407. The molecule has 0 unspecified atom stereocenters. The number of aryl methyl sites for hydroxylation is 1. The summed E-state index contributed by atoms with van der Waals surface area (Å²) >= 11 is 0. The van der Waals surface area contributed by atoms with Gasteiger partial charge < -0.3 is 20.3 Å². The second-order valence-corrected chi connectivity index (χ2v) is 4.94. The summed E-state index contributed by atoms with van der Waals surface area (Å²) in [4.78, 5) is 11.1. The monoisotopic (exact) mass is 279 g/mol. The number of nitrogens with one attached hydrogen (secondary N) is 2. The third-order valence-electron chi connectivity index (χ3n) is 3.27. The predicted octanol–water partition coefficient (Wildman–Crippen LogP) is 0.891. The second-order valence-electron chi connectivity index (χ2n) is 4.94. The van der Waals surface area contributed by atoms with Gasteiger partial charge in [0, 0.05) is 38.8 Å². The molecule has 1 aromatic heterocycles. The molecule has 0 atom stereocenters. The molecule has 0 saturated carbocycles. The van der Waals surface area contributed by atoms with Gasteiger partial charge in [-0.1, -0.05) is 0 Å². The second kappa shape index (κ2) is 8.01. The highest BCUT2D eigenvalue weighted by atomic mass is 16.5. The van der Waals surface area contributed by atoms with Gasteiger partial charge in [0.1, 0.15) is 11.6 Å². The number of hydrogen-bond donors (Lipinski definition) is 2. The highest BCUT2D eigenvalue weighted by molar-refractivity contribution is 5.38. The molecule has 1 fully saturated rings. The zero-order valence-corrected chi connectivity index (χ0v) is 12.5. The van der Waals surface area contributed by atoms with Crippen LogP contribution in [-0.2, 0) is 0 Å². The Labute approximate surface area is 120 Å². The molecule has 2 rings (SSSR count). The van der Waals surface area contributed by atoms with Gasteiger partial charge in [-0.05, 0) is 26.8 Å². The van der Waals surface area contributed by atoms with Crippen LogP contribution in [0.4, 0.5) is 5.82 Å². The van der Waals surface area contributed by atoms with Crippen LogP contribution in [0.5, 0.6) is 5.88 Å². The first kappa shape index (κ1) is 15.0. The molecule has 6 heteroatoms. The molecule has 1 saturated heterocycles. The van der Waals surface area contributed by atoms with E-state index in [1.807, 2.05) is 19.9 Å². The van der Waals surface area contributed by atoms with Crippen molar-refractivity contribution < 1.29 is 4.74 Å². The van der Waals surface area contributed by atoms with Crippen LogP contribution in [-0.4, -0.2) is 60.7 Å². The van der Waals surface area contributed by atoms with Gasteiger partial charge in [0.2, 0.25) is 5.88 Å². The normalized spacial score (nSPS) is 16.1. The molecule has 2 heterocycles. The SMILES string of the molecule is CCOc1cc(NCCCN2CCNCC2)nc(C)n1. The van der Waals surface area contributed by atoms with E-state index >= 15 is 0 Å². The molecule has 0 radical (unpaired) electrons. The Kier molecular flexibility index (Phi) is 6.01. The fourth-order valence-electron chi connectivity index (χ4n) is 2.31. The van der Waals surface area contributed by atoms with E-state index in [1.54, 1.807) is 0 Å². The quantitative estimate of drug-likeness (QED) is 0.723. The number of nitrogens with zero attached hydrogens (tertiary/aromatic N) is 3. The van der Waals surface area contributed by atoms with Crippen molar-refractivity contribution in [2.75, 3.05) is 51.2 Å². The van der Waals surface area contributed by atoms with Crippen LogP contribution in [0.1, 0.15) is 19.2 Å². The maximum Gasteiger partial charge on any atom is 0.218 e. The molecule has 20 heavy (non-hydrogen) atoms. The minimum Gasteiger partial charge on any atom is -0.478 e. The van der Waals surface area contributed by atoms with E-state index in [9.17, 15) is 0 Å². The zero-order valence-electron chi connectivity index (χ0n) is 12.5. The number of aromatic nitrogens is 2. The van der Waals surface area contributed by atoms with Crippen molar-refractivity contribution in [1.29, 1.82) is 0 Å². The van der Waals surface area contributed by atoms with Gasteiger partial charge in [0.25, 0.3) is 0 Å². The minimum atomic E-state index is 0.624. The average Bonchev–Trinajstić information content (AvgIpc) is 2.45. The van der Waals surface area contributed by atoms with Crippen molar-refractivity contribution in [1.82, 2.24) is 20.2 Å². The summed E-state index contributed by atoms with van der Waals surface area (Å²) in [5.74, 6) is 2.23. The largest absolute Gasteiger partial charge is 0.478 e. The molecular weight excluding hydrogens is 254 g/mol. The van der Waals surface area contributed by atoms with Crippen LogP contribution < -0.4 is 15.4 Å². The molecule has 112 valence electrons. The van der Waals surface area contributed by atoms with E-state index < -0.39 is 0 Å². The lowest BCUT2D eigenvalue weighted by atomic mass is 10.3. The van der Waals surface area contributed by atoms with E-state index in [-0.39, 0.29) is 0 Å². The number of piperazine rings is 1. The van der Waals surface area contributed by atoms with Crippen molar-refractivity contribution in [2.24, 2.45) is 0 Å². The molecule has 0 aromatic carbocycles. The van der Waals surface area contributed by atoms with Gasteiger partial charge in [0.05, 0.1) is 6.61 Å². The standard InChI is InChI=1S/C14H25N5O/c1-3-20-14-11-13(17-12(2)18-14)16-5-4-8-19-9-6-15-7-10-19/h11,15H,3-10H2,1-2H3,(H,16,17,18). The summed E-state index contributed by atoms with van der Waals surface area (Å²) in [6, 6.07) is 1.86. The molecule has 2 N–H and O–H groups in total. The zero-order chi connectivity index (χ0) is 14.2. The first-order valence-corrected chi connectivity index (χ1v) is 7.43. The van der Waals surface area contributed by atoms with Crippen LogP contribution >= 0.6 is 0 Å². The van der Waals surface area contributed by atoms with Gasteiger partial charge in [-0.25, -0.2) is 4.98 Å². The highest BCUT2D eigenvalue weighted by Crippen LogP contribution is 2.13. The third kappa shape index (κ3) is 4.94. The fraction of sp³-hybridized carbons (Fsp3) is 0.714. The van der Waals surface area contributed by atoms with E-state index in [1.165, 1.54) is 0 Å². The summed E-state index contributed by atoms with van der Waals surface area (Å²) in [6.07, 6.45) is 1.12. The van der Waals surface area contributed by atoms with Crippen LogP contribution in [0.2, 0.25) is 0 Å². The summed E-state index contributed by atoms with van der Waals surface area (Å²) in [5, 5.41) is 6.72. The van der Waals surface area contributed by atoms with Crippen molar-refractivity contribution >= 4 is 5.82 Å². The maximum absolute atomic E-state index is 5.42. The lowest BCUT2D eigenvalue weighted by Gasteiger charge is -2.27. The van der Waals surface area contributed by atoms with Gasteiger partial charge >= 0.3 is 0 Å². The summed E-state index contributed by atoms with van der Waals surface area (Å²) in [6.45, 7) is 11.0. The predicted molar refractivity (Wildman–Crippen MR) is 80.4 cm³/mol. The number of rotatable bonds is 7. The van der Waals surface area contributed by atoms with Crippen LogP contribution in [0, 0.1) is 6.92 Å². The van der Waals surface area contributed by atoms with Gasteiger partial charge in [-0.2, -0.15) is 4.98 Å². The summed E-state index contributed by atoms with van der Waals surface area (Å²) < 4.78 is 5.42. The van der Waals surface area contributed by atoms with Crippen molar-refractivity contribution in [3.05, 3.63) is 11.9 Å². The first-order chi connectivity index (χ1) is 9.78. The molecule has 1 aliphatic heterocycles. The van der Waals surface area contributed by atoms with E-state index in [2.05, 4.69) is 25.5 Å². The molecule has 1 aliphatic rings. The number of ether oxygens (including phenoxy) is 1. The average molecular weight is 279 g/mol. The Morgan fingerprint density at radius 3 is 2.90 bits per heavy atom. The van der Waals surface area contributed by atoms with Gasteiger partial charge in [0.15, 0.2) is 0 Å².